The lowest BCUT2D eigenvalue weighted by Crippen LogP contribution is -2.48. The summed E-state index contributed by atoms with van der Waals surface area (Å²) in [7, 11) is 1.62. The van der Waals surface area contributed by atoms with Gasteiger partial charge in [0.25, 0.3) is 5.91 Å². The molecule has 2 aromatic carbocycles. The molecular formula is C19H21ClN2O3. The van der Waals surface area contributed by atoms with E-state index in [1.54, 1.807) is 7.05 Å². The fourth-order valence-corrected chi connectivity index (χ4v) is 2.92. The smallest absolute Gasteiger partial charge is 0.262 e. The maximum absolute atomic E-state index is 12.0. The molecule has 3 rings (SSSR count). The number of nitrogens with one attached hydrogen (secondary N) is 1. The molecule has 1 aliphatic heterocycles. The molecule has 132 valence electrons. The van der Waals surface area contributed by atoms with Gasteiger partial charge in [0, 0.05) is 18.6 Å². The lowest BCUT2D eigenvalue weighted by atomic mass is 10.1. The molecule has 0 aliphatic carbocycles. The second-order valence-electron chi connectivity index (χ2n) is 5.79. The Bertz CT molecular complexity index is 721. The first-order valence-electron chi connectivity index (χ1n) is 8.28. The summed E-state index contributed by atoms with van der Waals surface area (Å²) in [5.41, 5.74) is 1.01. The van der Waals surface area contributed by atoms with Crippen LogP contribution in [-0.4, -0.2) is 38.8 Å². The molecule has 0 fully saturated rings. The van der Waals surface area contributed by atoms with Crippen LogP contribution in [0.15, 0.2) is 48.5 Å². The SMILES string of the molecule is CNC(=O)[C@@H]1CN(CCCOc2ccc(Cl)cc2)c2ccccc2O1. The van der Waals surface area contributed by atoms with Crippen LogP contribution in [0.4, 0.5) is 5.69 Å². The van der Waals surface area contributed by atoms with Crippen molar-refractivity contribution in [3.63, 3.8) is 0 Å². The summed E-state index contributed by atoms with van der Waals surface area (Å²) in [6, 6.07) is 15.1. The van der Waals surface area contributed by atoms with Gasteiger partial charge in [-0.2, -0.15) is 0 Å². The van der Waals surface area contributed by atoms with Crippen molar-refractivity contribution in [2.45, 2.75) is 12.5 Å². The highest BCUT2D eigenvalue weighted by Crippen LogP contribution is 2.33. The van der Waals surface area contributed by atoms with Crippen molar-refractivity contribution in [1.29, 1.82) is 0 Å². The van der Waals surface area contributed by atoms with Gasteiger partial charge in [0.2, 0.25) is 0 Å². The van der Waals surface area contributed by atoms with Crippen LogP contribution in [0.1, 0.15) is 6.42 Å². The molecule has 1 amide bonds. The highest BCUT2D eigenvalue weighted by Gasteiger charge is 2.29. The van der Waals surface area contributed by atoms with E-state index in [0.717, 1.165) is 30.2 Å². The third kappa shape index (κ3) is 4.37. The molecule has 1 N–H and O–H groups in total. The summed E-state index contributed by atoms with van der Waals surface area (Å²) in [4.78, 5) is 14.1. The molecule has 0 bridgehead atoms. The van der Waals surface area contributed by atoms with Crippen molar-refractivity contribution >= 4 is 23.2 Å². The summed E-state index contributed by atoms with van der Waals surface area (Å²) in [5, 5.41) is 3.35. The maximum Gasteiger partial charge on any atom is 0.262 e. The average Bonchev–Trinajstić information content (AvgIpc) is 2.65. The van der Waals surface area contributed by atoms with Crippen LogP contribution in [0.25, 0.3) is 0 Å². The number of carbonyl (C=O) groups is 1. The quantitative estimate of drug-likeness (QED) is 0.804. The minimum atomic E-state index is -0.503. The molecule has 1 heterocycles. The van der Waals surface area contributed by atoms with Crippen molar-refractivity contribution in [3.8, 4) is 11.5 Å². The Morgan fingerprint density at radius 2 is 2.04 bits per heavy atom. The fraction of sp³-hybridized carbons (Fsp3) is 0.316. The monoisotopic (exact) mass is 360 g/mol. The number of anilines is 1. The van der Waals surface area contributed by atoms with Gasteiger partial charge in [-0.3, -0.25) is 4.79 Å². The lowest BCUT2D eigenvalue weighted by Gasteiger charge is -2.35. The van der Waals surface area contributed by atoms with E-state index < -0.39 is 6.10 Å². The predicted molar refractivity (Wildman–Crippen MR) is 98.7 cm³/mol. The predicted octanol–water partition coefficient (Wildman–Crippen LogP) is 3.12. The topological polar surface area (TPSA) is 50.8 Å². The summed E-state index contributed by atoms with van der Waals surface area (Å²) in [5.74, 6) is 1.42. The van der Waals surface area contributed by atoms with Gasteiger partial charge >= 0.3 is 0 Å². The van der Waals surface area contributed by atoms with Crippen molar-refractivity contribution in [2.75, 3.05) is 31.6 Å². The van der Waals surface area contributed by atoms with E-state index in [4.69, 9.17) is 21.1 Å². The zero-order valence-corrected chi connectivity index (χ0v) is 14.8. The Kier molecular flexibility index (Phi) is 5.66. The first-order valence-corrected chi connectivity index (χ1v) is 8.66. The van der Waals surface area contributed by atoms with Crippen LogP contribution < -0.4 is 19.7 Å². The molecule has 0 radical (unpaired) electrons. The fourth-order valence-electron chi connectivity index (χ4n) is 2.79. The average molecular weight is 361 g/mol. The largest absolute Gasteiger partial charge is 0.494 e. The van der Waals surface area contributed by atoms with Crippen molar-refractivity contribution in [2.24, 2.45) is 0 Å². The van der Waals surface area contributed by atoms with Crippen LogP contribution in [0.2, 0.25) is 5.02 Å². The van der Waals surface area contributed by atoms with E-state index in [2.05, 4.69) is 10.2 Å². The number of benzene rings is 2. The number of rotatable bonds is 6. The number of hydrogen-bond acceptors (Lipinski definition) is 4. The van der Waals surface area contributed by atoms with E-state index >= 15 is 0 Å². The van der Waals surface area contributed by atoms with Gasteiger partial charge in [-0.25, -0.2) is 0 Å². The highest BCUT2D eigenvalue weighted by molar-refractivity contribution is 6.30. The summed E-state index contributed by atoms with van der Waals surface area (Å²) < 4.78 is 11.5. The molecule has 1 atom stereocenters. The zero-order chi connectivity index (χ0) is 17.6. The summed E-state index contributed by atoms with van der Waals surface area (Å²) in [6.07, 6.45) is 0.328. The van der Waals surface area contributed by atoms with Crippen LogP contribution >= 0.6 is 11.6 Å². The van der Waals surface area contributed by atoms with Crippen molar-refractivity contribution < 1.29 is 14.3 Å². The number of para-hydroxylation sites is 2. The van der Waals surface area contributed by atoms with E-state index in [0.29, 0.717) is 18.2 Å². The Morgan fingerprint density at radius 3 is 2.80 bits per heavy atom. The van der Waals surface area contributed by atoms with Crippen LogP contribution in [-0.2, 0) is 4.79 Å². The summed E-state index contributed by atoms with van der Waals surface area (Å²) in [6.45, 7) is 1.89. The molecule has 0 unspecified atom stereocenters. The van der Waals surface area contributed by atoms with Crippen LogP contribution in [0.5, 0.6) is 11.5 Å². The highest BCUT2D eigenvalue weighted by atomic mass is 35.5. The summed E-state index contributed by atoms with van der Waals surface area (Å²) >= 11 is 5.87. The number of hydrogen-bond donors (Lipinski definition) is 1. The first-order chi connectivity index (χ1) is 12.2. The molecule has 25 heavy (non-hydrogen) atoms. The Hall–Kier alpha value is -2.40. The lowest BCUT2D eigenvalue weighted by molar-refractivity contribution is -0.127. The second-order valence-corrected chi connectivity index (χ2v) is 6.23. The van der Waals surface area contributed by atoms with Crippen molar-refractivity contribution in [1.82, 2.24) is 5.32 Å². The molecule has 2 aromatic rings. The van der Waals surface area contributed by atoms with Crippen molar-refractivity contribution in [3.05, 3.63) is 53.6 Å². The molecule has 6 heteroatoms. The van der Waals surface area contributed by atoms with Gasteiger partial charge < -0.3 is 19.7 Å². The van der Waals surface area contributed by atoms with E-state index in [1.807, 2.05) is 48.5 Å². The Balaban J connectivity index is 1.58. The second kappa shape index (κ2) is 8.12. The number of nitrogens with zero attached hydrogens (tertiary/aromatic N) is 1. The Morgan fingerprint density at radius 1 is 1.28 bits per heavy atom. The number of amides is 1. The third-order valence-electron chi connectivity index (χ3n) is 4.05. The first kappa shape index (κ1) is 17.4. The molecule has 1 aliphatic rings. The number of carbonyl (C=O) groups excluding carboxylic acids is 1. The van der Waals surface area contributed by atoms with E-state index in [-0.39, 0.29) is 5.91 Å². The van der Waals surface area contributed by atoms with Gasteiger partial charge in [-0.1, -0.05) is 23.7 Å². The van der Waals surface area contributed by atoms with Gasteiger partial charge in [0.05, 0.1) is 18.8 Å². The van der Waals surface area contributed by atoms with E-state index in [9.17, 15) is 4.79 Å². The Labute approximate surface area is 152 Å². The zero-order valence-electron chi connectivity index (χ0n) is 14.1. The molecule has 0 aromatic heterocycles. The molecule has 0 spiro atoms. The van der Waals surface area contributed by atoms with Crippen LogP contribution in [0.3, 0.4) is 0 Å². The maximum atomic E-state index is 12.0. The molecule has 0 saturated carbocycles. The number of halogens is 1. The minimum absolute atomic E-state index is 0.114. The van der Waals surface area contributed by atoms with Gasteiger partial charge in [0.15, 0.2) is 6.10 Å². The van der Waals surface area contributed by atoms with Gasteiger partial charge in [0.1, 0.15) is 11.5 Å². The third-order valence-corrected chi connectivity index (χ3v) is 4.31. The molecular weight excluding hydrogens is 340 g/mol. The van der Waals surface area contributed by atoms with Gasteiger partial charge in [-0.05, 0) is 42.8 Å². The normalized spacial score (nSPS) is 15.9. The number of ether oxygens (including phenoxy) is 2. The molecule has 5 nitrogen and oxygen atoms in total. The molecule has 0 saturated heterocycles. The number of likely N-dealkylation sites (N-methyl/N-ethyl adjacent to an activating group) is 1. The van der Waals surface area contributed by atoms with Crippen LogP contribution in [0, 0.1) is 0 Å². The van der Waals surface area contributed by atoms with Gasteiger partial charge in [-0.15, -0.1) is 0 Å². The standard InChI is InChI=1S/C19H21ClN2O3/c1-21-19(23)18-13-22(16-5-2-3-6-17(16)25-18)11-4-12-24-15-9-7-14(20)8-10-15/h2-3,5-10,18H,4,11-13H2,1H3,(H,21,23)/t18-/m0/s1. The number of fused-ring (bicyclic) bond motifs is 1. The van der Waals surface area contributed by atoms with E-state index in [1.165, 1.54) is 0 Å². The minimum Gasteiger partial charge on any atom is -0.494 e.